The topological polar surface area (TPSA) is 45.5 Å². The lowest BCUT2D eigenvalue weighted by atomic mass is 9.95. The van der Waals surface area contributed by atoms with Crippen molar-refractivity contribution in [2.75, 3.05) is 13.1 Å². The van der Waals surface area contributed by atoms with Crippen LogP contribution in [0.25, 0.3) is 11.0 Å². The third kappa shape index (κ3) is 3.37. The highest BCUT2D eigenvalue weighted by Crippen LogP contribution is 2.32. The Bertz CT molecular complexity index is 785. The summed E-state index contributed by atoms with van der Waals surface area (Å²) < 4.78 is 5.76. The maximum atomic E-state index is 13.1. The quantitative estimate of drug-likeness (QED) is 0.873. The summed E-state index contributed by atoms with van der Waals surface area (Å²) in [5.74, 6) is 0.723. The molecule has 2 bridgehead atoms. The fraction of sp³-hybridized carbons (Fsp3) is 0.571. The Morgan fingerprint density at radius 1 is 1.27 bits per heavy atom. The highest BCUT2D eigenvalue weighted by molar-refractivity contribution is 5.89. The van der Waals surface area contributed by atoms with Gasteiger partial charge in [-0.15, -0.1) is 12.4 Å². The summed E-state index contributed by atoms with van der Waals surface area (Å²) in [6.45, 7) is 8.51. The number of amides is 1. The van der Waals surface area contributed by atoms with Gasteiger partial charge in [-0.25, -0.2) is 0 Å². The van der Waals surface area contributed by atoms with E-state index in [9.17, 15) is 4.79 Å². The molecule has 0 radical (unpaired) electrons. The molecule has 2 fully saturated rings. The SMILES string of the molecule is Cc1cc2occ(CC(=O)N3C4CCNCC3CC4)c2cc1C(C)C.Cl. The van der Waals surface area contributed by atoms with E-state index < -0.39 is 0 Å². The third-order valence-corrected chi connectivity index (χ3v) is 5.95. The lowest BCUT2D eigenvalue weighted by molar-refractivity contribution is -0.133. The zero-order valence-electron chi connectivity index (χ0n) is 15.9. The molecule has 2 atom stereocenters. The molecule has 3 heterocycles. The van der Waals surface area contributed by atoms with E-state index in [1.165, 1.54) is 11.1 Å². The first kappa shape index (κ1) is 19.2. The van der Waals surface area contributed by atoms with E-state index in [2.05, 4.69) is 43.1 Å². The van der Waals surface area contributed by atoms with Crippen LogP contribution in [0.1, 0.15) is 55.7 Å². The molecule has 1 amide bonds. The number of carbonyl (C=O) groups is 1. The van der Waals surface area contributed by atoms with Crippen LogP contribution in [-0.2, 0) is 11.2 Å². The Morgan fingerprint density at radius 2 is 2.04 bits per heavy atom. The Hall–Kier alpha value is -1.52. The van der Waals surface area contributed by atoms with Crippen LogP contribution >= 0.6 is 12.4 Å². The van der Waals surface area contributed by atoms with Crippen molar-refractivity contribution in [3.63, 3.8) is 0 Å². The van der Waals surface area contributed by atoms with Gasteiger partial charge in [-0.2, -0.15) is 0 Å². The van der Waals surface area contributed by atoms with Gasteiger partial charge < -0.3 is 14.6 Å². The van der Waals surface area contributed by atoms with Gasteiger partial charge in [0.15, 0.2) is 0 Å². The van der Waals surface area contributed by atoms with Crippen LogP contribution in [0.2, 0.25) is 0 Å². The minimum atomic E-state index is 0. The van der Waals surface area contributed by atoms with Gasteiger partial charge in [0.05, 0.1) is 12.7 Å². The number of rotatable bonds is 3. The van der Waals surface area contributed by atoms with E-state index in [0.717, 1.165) is 48.9 Å². The van der Waals surface area contributed by atoms with Gasteiger partial charge in [0.1, 0.15) is 5.58 Å². The van der Waals surface area contributed by atoms with Crippen LogP contribution in [-0.4, -0.2) is 36.0 Å². The van der Waals surface area contributed by atoms with Crippen molar-refractivity contribution in [1.29, 1.82) is 0 Å². The van der Waals surface area contributed by atoms with Crippen molar-refractivity contribution >= 4 is 29.3 Å². The molecule has 26 heavy (non-hydrogen) atoms. The molecule has 0 aliphatic carbocycles. The molecule has 142 valence electrons. The van der Waals surface area contributed by atoms with Crippen molar-refractivity contribution in [1.82, 2.24) is 10.2 Å². The molecule has 2 aliphatic rings. The lowest BCUT2D eigenvalue weighted by Crippen LogP contribution is -2.43. The third-order valence-electron chi connectivity index (χ3n) is 5.95. The number of benzene rings is 1. The number of aryl methyl sites for hydroxylation is 1. The summed E-state index contributed by atoms with van der Waals surface area (Å²) in [6.07, 6.45) is 5.59. The van der Waals surface area contributed by atoms with E-state index in [1.807, 2.05) is 0 Å². The van der Waals surface area contributed by atoms with Gasteiger partial charge in [-0.05, 0) is 61.9 Å². The molecular weight excluding hydrogens is 348 g/mol. The Labute approximate surface area is 161 Å². The minimum Gasteiger partial charge on any atom is -0.464 e. The van der Waals surface area contributed by atoms with Crippen molar-refractivity contribution in [2.45, 2.75) is 64.5 Å². The van der Waals surface area contributed by atoms with Crippen molar-refractivity contribution in [2.24, 2.45) is 0 Å². The molecule has 0 spiro atoms. The fourth-order valence-electron chi connectivity index (χ4n) is 4.65. The zero-order chi connectivity index (χ0) is 17.6. The number of halogens is 1. The highest BCUT2D eigenvalue weighted by atomic mass is 35.5. The van der Waals surface area contributed by atoms with E-state index in [1.54, 1.807) is 6.26 Å². The van der Waals surface area contributed by atoms with Crippen molar-refractivity contribution < 1.29 is 9.21 Å². The Morgan fingerprint density at radius 3 is 2.81 bits per heavy atom. The first-order chi connectivity index (χ1) is 12.0. The smallest absolute Gasteiger partial charge is 0.227 e. The molecule has 0 saturated carbocycles. The second-order valence-electron chi connectivity index (χ2n) is 7.98. The molecule has 2 aromatic rings. The van der Waals surface area contributed by atoms with E-state index in [4.69, 9.17) is 4.42 Å². The summed E-state index contributed by atoms with van der Waals surface area (Å²) in [7, 11) is 0. The molecule has 2 aliphatic heterocycles. The number of furan rings is 1. The average molecular weight is 377 g/mol. The van der Waals surface area contributed by atoms with Crippen LogP contribution in [0.4, 0.5) is 0 Å². The van der Waals surface area contributed by atoms with Crippen molar-refractivity contribution in [3.8, 4) is 0 Å². The zero-order valence-corrected chi connectivity index (χ0v) is 16.7. The number of fused-ring (bicyclic) bond motifs is 3. The number of nitrogens with zero attached hydrogens (tertiary/aromatic N) is 1. The Kier molecular flexibility index (Phi) is 5.64. The van der Waals surface area contributed by atoms with Crippen LogP contribution in [0.15, 0.2) is 22.8 Å². The van der Waals surface area contributed by atoms with E-state index in [-0.39, 0.29) is 18.3 Å². The van der Waals surface area contributed by atoms with Gasteiger partial charge in [-0.1, -0.05) is 13.8 Å². The Balaban J connectivity index is 0.00000196. The number of hydrogen-bond acceptors (Lipinski definition) is 3. The molecule has 5 heteroatoms. The molecule has 1 N–H and O–H groups in total. The number of carbonyl (C=O) groups excluding carboxylic acids is 1. The average Bonchev–Trinajstić information content (AvgIpc) is 3.05. The number of hydrogen-bond donors (Lipinski definition) is 1. The fourth-order valence-corrected chi connectivity index (χ4v) is 4.65. The number of nitrogens with one attached hydrogen (secondary N) is 1. The predicted molar refractivity (Wildman–Crippen MR) is 107 cm³/mol. The molecule has 4 nitrogen and oxygen atoms in total. The molecule has 4 rings (SSSR count). The van der Waals surface area contributed by atoms with Crippen LogP contribution in [0, 0.1) is 6.92 Å². The summed E-state index contributed by atoms with van der Waals surface area (Å²) in [5, 5.41) is 4.57. The standard InChI is InChI=1S/C21H28N2O2.ClH/c1-13(2)18-10-19-15(12-25-20(19)8-14(18)3)9-21(24)23-16-4-5-17(23)11-22-7-6-16;/h8,10,12-13,16-17,22H,4-7,9,11H2,1-3H3;1H. The molecule has 2 saturated heterocycles. The molecule has 2 unspecified atom stereocenters. The first-order valence-corrected chi connectivity index (χ1v) is 9.57. The lowest BCUT2D eigenvalue weighted by Gasteiger charge is -2.27. The second kappa shape index (κ2) is 7.61. The maximum Gasteiger partial charge on any atom is 0.227 e. The summed E-state index contributed by atoms with van der Waals surface area (Å²) in [4.78, 5) is 15.2. The largest absolute Gasteiger partial charge is 0.464 e. The van der Waals surface area contributed by atoms with Gasteiger partial charge in [0.25, 0.3) is 0 Å². The monoisotopic (exact) mass is 376 g/mol. The van der Waals surface area contributed by atoms with Gasteiger partial charge in [0.2, 0.25) is 5.91 Å². The predicted octanol–water partition coefficient (Wildman–Crippen LogP) is 4.18. The van der Waals surface area contributed by atoms with Crippen LogP contribution < -0.4 is 5.32 Å². The first-order valence-electron chi connectivity index (χ1n) is 9.57. The maximum absolute atomic E-state index is 13.1. The van der Waals surface area contributed by atoms with Crippen LogP contribution in [0.3, 0.4) is 0 Å². The molecular formula is C21H29ClN2O2. The minimum absolute atomic E-state index is 0. The summed E-state index contributed by atoms with van der Waals surface area (Å²) in [5.41, 5.74) is 4.51. The van der Waals surface area contributed by atoms with E-state index >= 15 is 0 Å². The van der Waals surface area contributed by atoms with Gasteiger partial charge >= 0.3 is 0 Å². The molecule has 1 aromatic carbocycles. The second-order valence-corrected chi connectivity index (χ2v) is 7.98. The summed E-state index contributed by atoms with van der Waals surface area (Å²) >= 11 is 0. The van der Waals surface area contributed by atoms with Crippen molar-refractivity contribution in [3.05, 3.63) is 35.1 Å². The highest BCUT2D eigenvalue weighted by Gasteiger charge is 2.37. The van der Waals surface area contributed by atoms with Gasteiger partial charge in [-0.3, -0.25) is 4.79 Å². The van der Waals surface area contributed by atoms with Gasteiger partial charge in [0, 0.05) is 29.6 Å². The summed E-state index contributed by atoms with van der Waals surface area (Å²) in [6, 6.07) is 5.11. The van der Waals surface area contributed by atoms with E-state index in [0.29, 0.717) is 24.4 Å². The normalized spacial score (nSPS) is 22.5. The van der Waals surface area contributed by atoms with Crippen LogP contribution in [0.5, 0.6) is 0 Å². The molecule has 1 aromatic heterocycles.